The fourth-order valence-electron chi connectivity index (χ4n) is 7.98. The molecule has 2 aliphatic heterocycles. The average Bonchev–Trinajstić information content (AvgIpc) is 3.03. The highest BCUT2D eigenvalue weighted by atomic mass is 16.7. The number of ether oxygens (including phenoxy) is 12. The Hall–Kier alpha value is -6.08. The molecular weight excluding hydrogens is 1080 g/mol. The van der Waals surface area contributed by atoms with Gasteiger partial charge in [0.25, 0.3) is 17.7 Å². The van der Waals surface area contributed by atoms with Gasteiger partial charge in [0.15, 0.2) is 0 Å². The summed E-state index contributed by atoms with van der Waals surface area (Å²) in [6, 6.07) is 15.6. The highest BCUT2D eigenvalue weighted by molar-refractivity contribution is 6.08. The summed E-state index contributed by atoms with van der Waals surface area (Å²) in [6.45, 7) is 13.9. The molecule has 456 valence electrons. The molecule has 3 heterocycles. The second-order valence-corrected chi connectivity index (χ2v) is 18.6. The molecule has 0 radical (unpaired) electrons. The number of aromatic nitrogens is 3. The first-order valence-corrected chi connectivity index (χ1v) is 27.8. The average molecular weight is 1160 g/mol. The molecule has 1 aliphatic carbocycles. The van der Waals surface area contributed by atoms with Crippen LogP contribution in [0, 0.1) is 0 Å². The Labute approximate surface area is 478 Å². The Morgan fingerprint density at radius 1 is 0.622 bits per heavy atom. The van der Waals surface area contributed by atoms with Gasteiger partial charge in [0.1, 0.15) is 11.2 Å². The van der Waals surface area contributed by atoms with Crippen LogP contribution in [-0.2, 0) is 93.9 Å². The fourth-order valence-corrected chi connectivity index (χ4v) is 7.98. The highest BCUT2D eigenvalue weighted by Crippen LogP contribution is 2.38. The van der Waals surface area contributed by atoms with Crippen LogP contribution < -0.4 is 16.0 Å². The summed E-state index contributed by atoms with van der Waals surface area (Å²) in [5.41, 5.74) is 1.97. The quantitative estimate of drug-likeness (QED) is 0.0417. The summed E-state index contributed by atoms with van der Waals surface area (Å²) in [5, 5.41) is 17.5. The van der Waals surface area contributed by atoms with Crippen molar-refractivity contribution in [2.75, 3.05) is 164 Å². The predicted octanol–water partition coefficient (Wildman–Crippen LogP) is 2.94. The number of hydrogen-bond donors (Lipinski definition) is 3. The van der Waals surface area contributed by atoms with Crippen LogP contribution in [0.25, 0.3) is 11.3 Å². The summed E-state index contributed by atoms with van der Waals surface area (Å²) < 4.78 is 65.9. The van der Waals surface area contributed by atoms with E-state index in [1.165, 1.54) is 4.90 Å². The van der Waals surface area contributed by atoms with Crippen LogP contribution in [0.4, 0.5) is 15.3 Å². The minimum atomic E-state index is -0.961. The minimum absolute atomic E-state index is 0.0635. The third kappa shape index (κ3) is 26.0. The number of imide groups is 2. The SMILES string of the molecule is CCCOCCOCCOCCn1cc(-c2cccc(NC(=O)NC3CC4(C3)NC(=O)N(Cc3ccccc3)C4=O)c2)nn1.COCCOCCOCCOCCOCCOCCOCCOCCOCCC(=O)ON1C(=O)CCC1=O. The summed E-state index contributed by atoms with van der Waals surface area (Å²) in [7, 11) is 1.63. The first kappa shape index (κ1) is 66.7. The van der Waals surface area contributed by atoms with Gasteiger partial charge in [-0.3, -0.25) is 19.3 Å². The summed E-state index contributed by atoms with van der Waals surface area (Å²) in [4.78, 5) is 78.6. The van der Waals surface area contributed by atoms with Crippen LogP contribution in [0.5, 0.6) is 0 Å². The molecule has 3 fully saturated rings. The molecule has 0 bridgehead atoms. The lowest BCUT2D eigenvalue weighted by Gasteiger charge is -2.42. The van der Waals surface area contributed by atoms with Crippen molar-refractivity contribution >= 4 is 41.4 Å². The van der Waals surface area contributed by atoms with Gasteiger partial charge in [-0.05, 0) is 24.1 Å². The number of benzene rings is 2. The number of nitrogens with zero attached hydrogens (tertiary/aromatic N) is 5. The van der Waals surface area contributed by atoms with Crippen molar-refractivity contribution in [1.82, 2.24) is 35.6 Å². The van der Waals surface area contributed by atoms with Gasteiger partial charge in [0, 0.05) is 56.7 Å². The smallest absolute Gasteiger partial charge is 0.335 e. The molecule has 1 saturated carbocycles. The van der Waals surface area contributed by atoms with Gasteiger partial charge in [0.2, 0.25) is 0 Å². The lowest BCUT2D eigenvalue weighted by molar-refractivity contribution is -0.198. The van der Waals surface area contributed by atoms with E-state index in [2.05, 4.69) is 33.2 Å². The molecule has 27 nitrogen and oxygen atoms in total. The molecule has 3 aromatic rings. The predicted molar refractivity (Wildman–Crippen MR) is 292 cm³/mol. The fraction of sp³-hybridized carbons (Fsp3) is 0.636. The first-order chi connectivity index (χ1) is 40.1. The number of hydrogen-bond acceptors (Lipinski definition) is 21. The monoisotopic (exact) mass is 1160 g/mol. The van der Waals surface area contributed by atoms with Crippen LogP contribution in [0.15, 0.2) is 60.8 Å². The number of methoxy groups -OCH3 is 1. The van der Waals surface area contributed by atoms with Crippen molar-refractivity contribution in [2.24, 2.45) is 0 Å². The van der Waals surface area contributed by atoms with Crippen molar-refractivity contribution in [3.05, 3.63) is 66.4 Å². The molecule has 27 heteroatoms. The topological polar surface area (TPSA) is 296 Å². The molecule has 0 unspecified atom stereocenters. The number of hydroxylamine groups is 2. The molecule has 1 spiro atoms. The lowest BCUT2D eigenvalue weighted by Crippen LogP contribution is -2.64. The molecule has 3 aliphatic rings. The molecule has 6 rings (SSSR count). The molecule has 1 aromatic heterocycles. The van der Waals surface area contributed by atoms with E-state index in [1.54, 1.807) is 17.9 Å². The van der Waals surface area contributed by atoms with Gasteiger partial charge in [0.05, 0.1) is 171 Å². The van der Waals surface area contributed by atoms with E-state index in [0.717, 1.165) is 24.2 Å². The van der Waals surface area contributed by atoms with E-state index in [-0.39, 0.29) is 44.4 Å². The first-order valence-electron chi connectivity index (χ1n) is 27.8. The van der Waals surface area contributed by atoms with Crippen molar-refractivity contribution in [3.63, 3.8) is 0 Å². The summed E-state index contributed by atoms with van der Waals surface area (Å²) in [5.74, 6) is -1.96. The zero-order chi connectivity index (χ0) is 58.3. The second kappa shape index (κ2) is 40.2. The van der Waals surface area contributed by atoms with E-state index in [9.17, 15) is 28.8 Å². The molecule has 2 saturated heterocycles. The Balaban J connectivity index is 0.000000305. The van der Waals surface area contributed by atoms with Crippen molar-refractivity contribution < 1.29 is 90.4 Å². The van der Waals surface area contributed by atoms with E-state index in [4.69, 9.17) is 61.7 Å². The summed E-state index contributed by atoms with van der Waals surface area (Å²) >= 11 is 0. The van der Waals surface area contributed by atoms with E-state index in [1.807, 2.05) is 54.7 Å². The van der Waals surface area contributed by atoms with Gasteiger partial charge in [-0.15, -0.1) is 10.2 Å². The van der Waals surface area contributed by atoms with Crippen molar-refractivity contribution in [3.8, 4) is 11.3 Å². The molecular formula is C55H82N8O19. The Morgan fingerprint density at radius 2 is 1.12 bits per heavy atom. The molecule has 2 aromatic carbocycles. The Kier molecular flexibility index (Phi) is 32.7. The van der Waals surface area contributed by atoms with Crippen LogP contribution >= 0.6 is 0 Å². The Morgan fingerprint density at radius 3 is 1.65 bits per heavy atom. The van der Waals surface area contributed by atoms with Crippen LogP contribution in [0.1, 0.15) is 51.0 Å². The lowest BCUT2D eigenvalue weighted by atomic mass is 9.72. The largest absolute Gasteiger partial charge is 0.382 e. The standard InChI is InChI=1S/C31H39N7O6.C24H43NO13/c1-2-12-42-14-16-44-17-15-43-13-11-37-22-27(35-36-37)24-9-6-10-25(18-24)32-29(40)33-26-19-31(20-26)28(39)38(30(41)34-31)21-23-7-4-3-5-8-23;1-29-6-7-31-10-11-33-14-15-35-18-19-37-21-20-36-17-16-34-13-12-32-9-8-30-5-4-24(28)38-25-22(26)2-3-23(25)27/h3-10,18,22,26H,2,11-17,19-21H2,1H3,(H,34,41)(H2,32,33,40);2-21H2,1H3. The van der Waals surface area contributed by atoms with Crippen molar-refractivity contribution in [1.29, 1.82) is 0 Å². The van der Waals surface area contributed by atoms with Gasteiger partial charge in [-0.25, -0.2) is 19.1 Å². The van der Waals surface area contributed by atoms with Gasteiger partial charge in [-0.2, -0.15) is 0 Å². The number of urea groups is 2. The van der Waals surface area contributed by atoms with Gasteiger partial charge in [-0.1, -0.05) is 54.6 Å². The normalized spacial score (nSPS) is 16.6. The zero-order valence-corrected chi connectivity index (χ0v) is 47.3. The van der Waals surface area contributed by atoms with Crippen molar-refractivity contribution in [2.45, 2.75) is 70.1 Å². The maximum absolute atomic E-state index is 13.1. The minimum Gasteiger partial charge on any atom is -0.382 e. The second-order valence-electron chi connectivity index (χ2n) is 18.6. The van der Waals surface area contributed by atoms with E-state index < -0.39 is 35.4 Å². The Bertz CT molecular complexity index is 2290. The molecule has 3 N–H and O–H groups in total. The third-order valence-corrected chi connectivity index (χ3v) is 12.2. The van der Waals surface area contributed by atoms with Crippen LogP contribution in [0.3, 0.4) is 0 Å². The maximum Gasteiger partial charge on any atom is 0.335 e. The van der Waals surface area contributed by atoms with E-state index >= 15 is 0 Å². The highest BCUT2D eigenvalue weighted by Gasteiger charge is 2.59. The number of rotatable bonds is 44. The molecule has 0 atom stereocenters. The van der Waals surface area contributed by atoms with E-state index in [0.29, 0.717) is 175 Å². The number of carbonyl (C=O) groups excluding carboxylic acids is 6. The zero-order valence-electron chi connectivity index (χ0n) is 47.3. The third-order valence-electron chi connectivity index (χ3n) is 12.2. The summed E-state index contributed by atoms with van der Waals surface area (Å²) in [6.07, 6.45) is 3.56. The number of amides is 7. The number of carbonyl (C=O) groups is 6. The molecule has 7 amide bonds. The van der Waals surface area contributed by atoms with Gasteiger partial charge >= 0.3 is 18.0 Å². The van der Waals surface area contributed by atoms with Crippen LogP contribution in [0.2, 0.25) is 0 Å². The molecule has 82 heavy (non-hydrogen) atoms. The number of anilines is 1. The number of nitrogens with one attached hydrogen (secondary N) is 3. The maximum atomic E-state index is 13.1. The van der Waals surface area contributed by atoms with Gasteiger partial charge < -0.3 is 77.6 Å². The van der Waals surface area contributed by atoms with Crippen LogP contribution in [-0.4, -0.2) is 231 Å².